The Morgan fingerprint density at radius 1 is 1.33 bits per heavy atom. The van der Waals surface area contributed by atoms with Gasteiger partial charge in [-0.2, -0.15) is 0 Å². The summed E-state index contributed by atoms with van der Waals surface area (Å²) < 4.78 is 0. The van der Waals surface area contributed by atoms with E-state index in [2.05, 4.69) is 25.8 Å². The number of fused-ring (bicyclic) bond motifs is 1. The fourth-order valence-electron chi connectivity index (χ4n) is 3.07. The van der Waals surface area contributed by atoms with Gasteiger partial charge in [0.25, 0.3) is 5.91 Å². The van der Waals surface area contributed by atoms with Gasteiger partial charge >= 0.3 is 0 Å². The monoisotopic (exact) mass is 346 g/mol. The zero-order valence-corrected chi connectivity index (χ0v) is 13.6. The molecule has 1 aromatic carbocycles. The molecule has 4 heteroatoms. The molecule has 1 atom stereocenters. The standard InChI is InChI=1S/C17H19BrN2O/c18-9-8-15-5-1-2-11-20(15)17(21)14-6-7-16-13(12-14)4-3-10-19-16/h3-4,6-7,10,12,15H,1-2,5,8-9,11H2. The molecule has 1 amide bonds. The minimum atomic E-state index is 0.159. The second kappa shape index (κ2) is 6.56. The Labute approximate surface area is 133 Å². The quantitative estimate of drug-likeness (QED) is 0.786. The second-order valence-electron chi connectivity index (χ2n) is 5.54. The lowest BCUT2D eigenvalue weighted by Gasteiger charge is -2.35. The van der Waals surface area contributed by atoms with Crippen LogP contribution in [0.25, 0.3) is 10.9 Å². The highest BCUT2D eigenvalue weighted by Crippen LogP contribution is 2.23. The Hall–Kier alpha value is -1.42. The highest BCUT2D eigenvalue weighted by molar-refractivity contribution is 9.09. The van der Waals surface area contributed by atoms with Crippen LogP contribution >= 0.6 is 15.9 Å². The number of nitrogens with zero attached hydrogens (tertiary/aromatic N) is 2. The third-order valence-corrected chi connectivity index (χ3v) is 4.64. The molecule has 2 aromatic rings. The number of piperidine rings is 1. The molecule has 1 aliphatic heterocycles. The van der Waals surface area contributed by atoms with Crippen molar-refractivity contribution in [3.05, 3.63) is 42.1 Å². The van der Waals surface area contributed by atoms with Gasteiger partial charge in [-0.05, 0) is 49.9 Å². The van der Waals surface area contributed by atoms with Gasteiger partial charge in [0, 0.05) is 35.1 Å². The number of amides is 1. The number of benzene rings is 1. The molecule has 0 bridgehead atoms. The van der Waals surface area contributed by atoms with Gasteiger partial charge in [0.05, 0.1) is 5.52 Å². The lowest BCUT2D eigenvalue weighted by atomic mass is 9.98. The summed E-state index contributed by atoms with van der Waals surface area (Å²) in [6, 6.07) is 10.1. The van der Waals surface area contributed by atoms with Crippen molar-refractivity contribution in [1.82, 2.24) is 9.88 Å². The Morgan fingerprint density at radius 3 is 3.10 bits per heavy atom. The molecule has 1 saturated heterocycles. The van der Waals surface area contributed by atoms with Gasteiger partial charge in [-0.25, -0.2) is 0 Å². The molecule has 0 radical (unpaired) electrons. The number of hydrogen-bond acceptors (Lipinski definition) is 2. The topological polar surface area (TPSA) is 33.2 Å². The number of rotatable bonds is 3. The van der Waals surface area contributed by atoms with Crippen molar-refractivity contribution in [3.8, 4) is 0 Å². The lowest BCUT2D eigenvalue weighted by Crippen LogP contribution is -2.43. The number of halogens is 1. The normalized spacial score (nSPS) is 18.9. The largest absolute Gasteiger partial charge is 0.336 e. The SMILES string of the molecule is O=C(c1ccc2ncccc2c1)N1CCCCC1CCBr. The van der Waals surface area contributed by atoms with Crippen molar-refractivity contribution in [2.24, 2.45) is 0 Å². The van der Waals surface area contributed by atoms with Crippen molar-refractivity contribution in [3.63, 3.8) is 0 Å². The first-order chi connectivity index (χ1) is 10.3. The lowest BCUT2D eigenvalue weighted by molar-refractivity contribution is 0.0610. The highest BCUT2D eigenvalue weighted by atomic mass is 79.9. The van der Waals surface area contributed by atoms with Crippen molar-refractivity contribution in [2.45, 2.75) is 31.7 Å². The average Bonchev–Trinajstić information content (AvgIpc) is 2.54. The maximum Gasteiger partial charge on any atom is 0.254 e. The summed E-state index contributed by atoms with van der Waals surface area (Å²) in [7, 11) is 0. The summed E-state index contributed by atoms with van der Waals surface area (Å²) in [5, 5.41) is 1.97. The van der Waals surface area contributed by atoms with Gasteiger partial charge in [0.1, 0.15) is 0 Å². The van der Waals surface area contributed by atoms with Crippen molar-refractivity contribution < 1.29 is 4.79 Å². The minimum Gasteiger partial charge on any atom is -0.336 e. The summed E-state index contributed by atoms with van der Waals surface area (Å²) in [6.07, 6.45) is 6.26. The minimum absolute atomic E-state index is 0.159. The fraction of sp³-hybridized carbons (Fsp3) is 0.412. The predicted octanol–water partition coefficient (Wildman–Crippen LogP) is 4.01. The summed E-state index contributed by atoms with van der Waals surface area (Å²) >= 11 is 3.50. The molecule has 1 fully saturated rings. The number of alkyl halides is 1. The number of aromatic nitrogens is 1. The van der Waals surface area contributed by atoms with E-state index in [9.17, 15) is 4.79 Å². The van der Waals surface area contributed by atoms with Crippen LogP contribution in [0.15, 0.2) is 36.5 Å². The number of hydrogen-bond donors (Lipinski definition) is 0. The van der Waals surface area contributed by atoms with Crippen LogP contribution in [0.2, 0.25) is 0 Å². The van der Waals surface area contributed by atoms with E-state index in [4.69, 9.17) is 0 Å². The molecule has 110 valence electrons. The molecule has 0 spiro atoms. The van der Waals surface area contributed by atoms with Gasteiger partial charge < -0.3 is 4.90 Å². The molecular formula is C17H19BrN2O. The molecule has 2 heterocycles. The Bertz CT molecular complexity index is 641. The predicted molar refractivity (Wildman–Crippen MR) is 88.8 cm³/mol. The summed E-state index contributed by atoms with van der Waals surface area (Å²) in [5.41, 5.74) is 1.71. The summed E-state index contributed by atoms with van der Waals surface area (Å²) in [5.74, 6) is 0.159. The summed E-state index contributed by atoms with van der Waals surface area (Å²) in [6.45, 7) is 0.877. The zero-order chi connectivity index (χ0) is 14.7. The first-order valence-corrected chi connectivity index (χ1v) is 8.63. The van der Waals surface area contributed by atoms with Crippen LogP contribution in [-0.4, -0.2) is 33.7 Å². The third kappa shape index (κ3) is 3.10. The maximum absolute atomic E-state index is 12.8. The van der Waals surface area contributed by atoms with E-state index < -0.39 is 0 Å². The highest BCUT2D eigenvalue weighted by Gasteiger charge is 2.26. The smallest absolute Gasteiger partial charge is 0.254 e. The van der Waals surface area contributed by atoms with Crippen LogP contribution in [-0.2, 0) is 0 Å². The van der Waals surface area contributed by atoms with E-state index in [1.165, 1.54) is 6.42 Å². The van der Waals surface area contributed by atoms with Gasteiger partial charge in [-0.1, -0.05) is 22.0 Å². The zero-order valence-electron chi connectivity index (χ0n) is 12.0. The fourth-order valence-corrected chi connectivity index (χ4v) is 3.60. The maximum atomic E-state index is 12.8. The van der Waals surface area contributed by atoms with Crippen LogP contribution in [0.5, 0.6) is 0 Å². The van der Waals surface area contributed by atoms with Crippen LogP contribution in [0.1, 0.15) is 36.0 Å². The molecule has 0 saturated carbocycles. The molecular weight excluding hydrogens is 328 g/mol. The van der Waals surface area contributed by atoms with E-state index >= 15 is 0 Å². The molecule has 21 heavy (non-hydrogen) atoms. The van der Waals surface area contributed by atoms with Crippen molar-refractivity contribution in [1.29, 1.82) is 0 Å². The van der Waals surface area contributed by atoms with Gasteiger partial charge in [-0.3, -0.25) is 9.78 Å². The van der Waals surface area contributed by atoms with Gasteiger partial charge in [0.15, 0.2) is 0 Å². The molecule has 1 unspecified atom stereocenters. The summed E-state index contributed by atoms with van der Waals surface area (Å²) in [4.78, 5) is 19.2. The first kappa shape index (κ1) is 14.5. The molecule has 1 aliphatic rings. The number of likely N-dealkylation sites (tertiary alicyclic amines) is 1. The van der Waals surface area contributed by atoms with Gasteiger partial charge in [-0.15, -0.1) is 0 Å². The second-order valence-corrected chi connectivity index (χ2v) is 6.33. The number of carbonyl (C=O) groups is 1. The Balaban J connectivity index is 1.87. The van der Waals surface area contributed by atoms with E-state index in [0.29, 0.717) is 6.04 Å². The Kier molecular flexibility index (Phi) is 4.54. The van der Waals surface area contributed by atoms with Crippen LogP contribution in [0.3, 0.4) is 0 Å². The van der Waals surface area contributed by atoms with Crippen LogP contribution < -0.4 is 0 Å². The van der Waals surface area contributed by atoms with Gasteiger partial charge in [0.2, 0.25) is 0 Å². The third-order valence-electron chi connectivity index (χ3n) is 4.18. The number of pyridine rings is 1. The molecule has 3 nitrogen and oxygen atoms in total. The molecule has 0 N–H and O–H groups in total. The van der Waals surface area contributed by atoms with Crippen molar-refractivity contribution in [2.75, 3.05) is 11.9 Å². The van der Waals surface area contributed by atoms with E-state index in [0.717, 1.165) is 47.6 Å². The average molecular weight is 347 g/mol. The molecule has 1 aromatic heterocycles. The van der Waals surface area contributed by atoms with Crippen molar-refractivity contribution >= 4 is 32.7 Å². The van der Waals surface area contributed by atoms with Crippen LogP contribution in [0, 0.1) is 0 Å². The molecule has 0 aliphatic carbocycles. The first-order valence-electron chi connectivity index (χ1n) is 7.51. The Morgan fingerprint density at radius 2 is 2.24 bits per heavy atom. The number of carbonyl (C=O) groups excluding carboxylic acids is 1. The molecule has 3 rings (SSSR count). The van der Waals surface area contributed by atoms with Crippen LogP contribution in [0.4, 0.5) is 0 Å². The van der Waals surface area contributed by atoms with E-state index in [1.54, 1.807) is 6.20 Å². The van der Waals surface area contributed by atoms with E-state index in [1.807, 2.05) is 30.3 Å². The van der Waals surface area contributed by atoms with E-state index in [-0.39, 0.29) is 5.91 Å².